The molecule has 2 aliphatic heterocycles. The van der Waals surface area contributed by atoms with Crippen LogP contribution in [0.5, 0.6) is 11.5 Å². The van der Waals surface area contributed by atoms with E-state index < -0.39 is 0 Å². The highest BCUT2D eigenvalue weighted by Crippen LogP contribution is 2.38. The Morgan fingerprint density at radius 2 is 2.04 bits per heavy atom. The average molecular weight is 427 g/mol. The normalized spacial score (nSPS) is 19.7. The van der Waals surface area contributed by atoms with E-state index in [0.29, 0.717) is 43.6 Å². The molecular formula is C18H23BrN2O5. The minimum atomic E-state index is -0.174. The molecule has 2 heterocycles. The lowest BCUT2D eigenvalue weighted by molar-refractivity contribution is -0.150. The van der Waals surface area contributed by atoms with E-state index in [2.05, 4.69) is 21.2 Å². The smallest absolute Gasteiger partial charge is 0.310 e. The molecule has 8 heteroatoms. The van der Waals surface area contributed by atoms with Gasteiger partial charge in [-0.3, -0.25) is 14.5 Å². The largest absolute Gasteiger partial charge is 0.486 e. The number of esters is 1. The third kappa shape index (κ3) is 4.67. The summed E-state index contributed by atoms with van der Waals surface area (Å²) in [6, 6.07) is 3.55. The summed E-state index contributed by atoms with van der Waals surface area (Å²) in [6.45, 7) is 4.77. The van der Waals surface area contributed by atoms with Crippen LogP contribution in [-0.4, -0.2) is 56.2 Å². The second-order valence-corrected chi connectivity index (χ2v) is 7.20. The number of hydrogen-bond acceptors (Lipinski definition) is 6. The Balaban J connectivity index is 1.58. The van der Waals surface area contributed by atoms with Crippen molar-refractivity contribution in [1.29, 1.82) is 0 Å². The molecule has 1 N–H and O–H groups in total. The standard InChI is InChI=1S/C18H23BrN2O5/c1-2-24-18(23)12-4-3-5-21(10-12)11-17(22)20-14-9-16-15(8-13(14)19)25-6-7-26-16/h8-9,12H,2-7,10-11H2,1H3,(H,20,22)/t12-/m0/s1. The molecule has 2 aliphatic rings. The molecule has 0 bridgehead atoms. The van der Waals surface area contributed by atoms with Crippen LogP contribution in [0.2, 0.25) is 0 Å². The van der Waals surface area contributed by atoms with Gasteiger partial charge in [0.2, 0.25) is 5.91 Å². The first-order chi connectivity index (χ1) is 12.6. The molecule has 0 saturated carbocycles. The summed E-state index contributed by atoms with van der Waals surface area (Å²) in [7, 11) is 0. The number of rotatable bonds is 5. The van der Waals surface area contributed by atoms with Gasteiger partial charge in [0, 0.05) is 23.2 Å². The maximum atomic E-state index is 12.4. The number of anilines is 1. The summed E-state index contributed by atoms with van der Waals surface area (Å²) in [5, 5.41) is 2.90. The Bertz CT molecular complexity index is 682. The van der Waals surface area contributed by atoms with Crippen molar-refractivity contribution in [3.8, 4) is 11.5 Å². The van der Waals surface area contributed by atoms with E-state index in [1.165, 1.54) is 0 Å². The van der Waals surface area contributed by atoms with Crippen molar-refractivity contribution in [2.75, 3.05) is 44.8 Å². The van der Waals surface area contributed by atoms with Gasteiger partial charge < -0.3 is 19.5 Å². The van der Waals surface area contributed by atoms with Crippen LogP contribution in [0.25, 0.3) is 0 Å². The Kier molecular flexibility index (Phi) is 6.37. The maximum Gasteiger partial charge on any atom is 0.310 e. The zero-order valence-electron chi connectivity index (χ0n) is 14.8. The Morgan fingerprint density at radius 3 is 2.77 bits per heavy atom. The van der Waals surface area contributed by atoms with Gasteiger partial charge in [-0.2, -0.15) is 0 Å². The summed E-state index contributed by atoms with van der Waals surface area (Å²) in [4.78, 5) is 26.4. The molecule has 26 heavy (non-hydrogen) atoms. The van der Waals surface area contributed by atoms with Crippen molar-refractivity contribution >= 4 is 33.5 Å². The number of benzene rings is 1. The zero-order valence-corrected chi connectivity index (χ0v) is 16.3. The number of halogens is 1. The van der Waals surface area contributed by atoms with Crippen LogP contribution in [0.1, 0.15) is 19.8 Å². The van der Waals surface area contributed by atoms with Crippen molar-refractivity contribution in [2.24, 2.45) is 5.92 Å². The topological polar surface area (TPSA) is 77.1 Å². The summed E-state index contributed by atoms with van der Waals surface area (Å²) >= 11 is 3.45. The molecule has 0 aliphatic carbocycles. The van der Waals surface area contributed by atoms with Crippen molar-refractivity contribution in [3.63, 3.8) is 0 Å². The molecule has 0 spiro atoms. The van der Waals surface area contributed by atoms with Gasteiger partial charge in [0.1, 0.15) is 13.2 Å². The van der Waals surface area contributed by atoms with Gasteiger partial charge in [0.15, 0.2) is 11.5 Å². The lowest BCUT2D eigenvalue weighted by Gasteiger charge is -2.30. The highest BCUT2D eigenvalue weighted by molar-refractivity contribution is 9.10. The molecule has 3 rings (SSSR count). The van der Waals surface area contributed by atoms with Crippen molar-refractivity contribution in [1.82, 2.24) is 4.90 Å². The Hall–Kier alpha value is -1.80. The monoisotopic (exact) mass is 426 g/mol. The van der Waals surface area contributed by atoms with Gasteiger partial charge in [0.25, 0.3) is 0 Å². The molecule has 0 aromatic heterocycles. The number of likely N-dealkylation sites (tertiary alicyclic amines) is 1. The highest BCUT2D eigenvalue weighted by atomic mass is 79.9. The summed E-state index contributed by atoms with van der Waals surface area (Å²) in [5.74, 6) is 0.820. The molecule has 1 atom stereocenters. The van der Waals surface area contributed by atoms with Crippen LogP contribution < -0.4 is 14.8 Å². The van der Waals surface area contributed by atoms with Gasteiger partial charge >= 0.3 is 5.97 Å². The fraction of sp³-hybridized carbons (Fsp3) is 0.556. The van der Waals surface area contributed by atoms with Crippen molar-refractivity contribution in [2.45, 2.75) is 19.8 Å². The number of carbonyl (C=O) groups is 2. The number of ether oxygens (including phenoxy) is 3. The number of hydrogen-bond donors (Lipinski definition) is 1. The zero-order chi connectivity index (χ0) is 18.5. The minimum absolute atomic E-state index is 0.133. The van der Waals surface area contributed by atoms with E-state index in [-0.39, 0.29) is 24.3 Å². The number of nitrogens with zero attached hydrogens (tertiary/aromatic N) is 1. The molecule has 142 valence electrons. The molecular weight excluding hydrogens is 404 g/mol. The van der Waals surface area contributed by atoms with Crippen molar-refractivity contribution < 1.29 is 23.8 Å². The Morgan fingerprint density at radius 1 is 1.31 bits per heavy atom. The maximum absolute atomic E-state index is 12.4. The quantitative estimate of drug-likeness (QED) is 0.728. The second kappa shape index (κ2) is 8.73. The third-order valence-electron chi connectivity index (χ3n) is 4.40. The van der Waals surface area contributed by atoms with Gasteiger partial charge in [0.05, 0.1) is 24.8 Å². The van der Waals surface area contributed by atoms with Crippen LogP contribution in [0.3, 0.4) is 0 Å². The first-order valence-electron chi connectivity index (χ1n) is 8.84. The summed E-state index contributed by atoms with van der Waals surface area (Å²) in [6.07, 6.45) is 1.69. The lowest BCUT2D eigenvalue weighted by atomic mass is 9.98. The van der Waals surface area contributed by atoms with Gasteiger partial charge in [-0.25, -0.2) is 0 Å². The lowest BCUT2D eigenvalue weighted by Crippen LogP contribution is -2.43. The number of carbonyl (C=O) groups excluding carboxylic acids is 2. The van der Waals surface area contributed by atoms with E-state index in [1.54, 1.807) is 19.1 Å². The van der Waals surface area contributed by atoms with E-state index in [9.17, 15) is 9.59 Å². The molecule has 1 fully saturated rings. The summed E-state index contributed by atoms with van der Waals surface area (Å²) < 4.78 is 16.9. The first kappa shape index (κ1) is 19.0. The number of piperidine rings is 1. The molecule has 0 unspecified atom stereocenters. The van der Waals surface area contributed by atoms with E-state index in [0.717, 1.165) is 23.9 Å². The average Bonchev–Trinajstić information content (AvgIpc) is 2.62. The Labute approximate surface area is 161 Å². The number of fused-ring (bicyclic) bond motifs is 1. The van der Waals surface area contributed by atoms with E-state index >= 15 is 0 Å². The van der Waals surface area contributed by atoms with E-state index in [1.807, 2.05) is 4.90 Å². The SMILES string of the molecule is CCOC(=O)[C@H]1CCCN(CC(=O)Nc2cc3c(cc2Br)OCCO3)C1. The minimum Gasteiger partial charge on any atom is -0.486 e. The van der Waals surface area contributed by atoms with Crippen LogP contribution in [0.4, 0.5) is 5.69 Å². The van der Waals surface area contributed by atoms with Gasteiger partial charge in [-0.05, 0) is 42.2 Å². The highest BCUT2D eigenvalue weighted by Gasteiger charge is 2.28. The molecule has 0 radical (unpaired) electrons. The van der Waals surface area contributed by atoms with Crippen LogP contribution >= 0.6 is 15.9 Å². The predicted octanol–water partition coefficient (Wildman–Crippen LogP) is 2.43. The predicted molar refractivity (Wildman–Crippen MR) is 99.6 cm³/mol. The number of amides is 1. The van der Waals surface area contributed by atoms with Crippen LogP contribution in [0.15, 0.2) is 16.6 Å². The third-order valence-corrected chi connectivity index (χ3v) is 5.05. The fourth-order valence-electron chi connectivity index (χ4n) is 3.20. The molecule has 1 saturated heterocycles. The van der Waals surface area contributed by atoms with Crippen LogP contribution in [-0.2, 0) is 14.3 Å². The van der Waals surface area contributed by atoms with E-state index in [4.69, 9.17) is 14.2 Å². The van der Waals surface area contributed by atoms with Gasteiger partial charge in [-0.15, -0.1) is 0 Å². The van der Waals surface area contributed by atoms with Gasteiger partial charge in [-0.1, -0.05) is 0 Å². The fourth-order valence-corrected chi connectivity index (χ4v) is 3.63. The molecule has 1 amide bonds. The molecule has 1 aromatic rings. The van der Waals surface area contributed by atoms with Crippen LogP contribution in [0, 0.1) is 5.92 Å². The molecule has 1 aromatic carbocycles. The van der Waals surface area contributed by atoms with Crippen molar-refractivity contribution in [3.05, 3.63) is 16.6 Å². The first-order valence-corrected chi connectivity index (χ1v) is 9.64. The number of nitrogens with one attached hydrogen (secondary N) is 1. The summed E-state index contributed by atoms with van der Waals surface area (Å²) in [5.41, 5.74) is 0.637. The molecule has 7 nitrogen and oxygen atoms in total. The second-order valence-electron chi connectivity index (χ2n) is 6.35.